The van der Waals surface area contributed by atoms with E-state index in [1.54, 1.807) is 0 Å². The van der Waals surface area contributed by atoms with Gasteiger partial charge in [0, 0.05) is 33.0 Å². The van der Waals surface area contributed by atoms with Gasteiger partial charge in [0.25, 0.3) is 0 Å². The summed E-state index contributed by atoms with van der Waals surface area (Å²) in [7, 11) is 0. The molecular formula is C40H24N4O2. The second kappa shape index (κ2) is 10.6. The van der Waals surface area contributed by atoms with Gasteiger partial charge in [-0.15, -0.1) is 0 Å². The molecule has 6 heteroatoms. The van der Waals surface area contributed by atoms with Crippen LogP contribution in [-0.4, -0.2) is 19.9 Å². The minimum atomic E-state index is 0.573. The SMILES string of the molecule is c1ccc(-c2ccc(-c3nc(-c4ccc(-c5nc6ccccc6o5)cc4)nc(-c4ccc5oc6ccccc6c5c4)n3)cc2)cc1. The van der Waals surface area contributed by atoms with E-state index in [-0.39, 0.29) is 0 Å². The van der Waals surface area contributed by atoms with Crippen molar-refractivity contribution in [2.45, 2.75) is 0 Å². The molecule has 0 aliphatic carbocycles. The fraction of sp³-hybridized carbons (Fsp3) is 0. The average molecular weight is 593 g/mol. The number of rotatable bonds is 5. The number of oxazole rings is 1. The summed E-state index contributed by atoms with van der Waals surface area (Å²) in [5, 5.41) is 2.08. The van der Waals surface area contributed by atoms with Crippen molar-refractivity contribution in [3.8, 4) is 56.7 Å². The fourth-order valence-electron chi connectivity index (χ4n) is 5.83. The van der Waals surface area contributed by atoms with Crippen LogP contribution in [0.3, 0.4) is 0 Å². The smallest absolute Gasteiger partial charge is 0.227 e. The van der Waals surface area contributed by atoms with Crippen molar-refractivity contribution in [3.05, 3.63) is 146 Å². The summed E-state index contributed by atoms with van der Waals surface area (Å²) in [6.45, 7) is 0. The van der Waals surface area contributed by atoms with Gasteiger partial charge in [-0.2, -0.15) is 0 Å². The highest BCUT2D eigenvalue weighted by atomic mass is 16.3. The van der Waals surface area contributed by atoms with E-state index in [9.17, 15) is 0 Å². The van der Waals surface area contributed by atoms with E-state index in [0.717, 1.165) is 66.4 Å². The first-order valence-electron chi connectivity index (χ1n) is 15.1. The van der Waals surface area contributed by atoms with Crippen LogP contribution in [0.5, 0.6) is 0 Å². The number of hydrogen-bond donors (Lipinski definition) is 0. The van der Waals surface area contributed by atoms with Crippen LogP contribution in [0.1, 0.15) is 0 Å². The van der Waals surface area contributed by atoms with Gasteiger partial charge in [-0.1, -0.05) is 97.1 Å². The van der Waals surface area contributed by atoms with Gasteiger partial charge in [-0.05, 0) is 59.7 Å². The Morgan fingerprint density at radius 3 is 1.57 bits per heavy atom. The molecule has 0 aliphatic heterocycles. The van der Waals surface area contributed by atoms with Crippen molar-refractivity contribution in [2.24, 2.45) is 0 Å². The molecule has 3 aromatic heterocycles. The average Bonchev–Trinajstić information content (AvgIpc) is 3.74. The second-order valence-electron chi connectivity index (χ2n) is 11.1. The Balaban J connectivity index is 1.15. The maximum Gasteiger partial charge on any atom is 0.227 e. The lowest BCUT2D eigenvalue weighted by Crippen LogP contribution is -2.00. The van der Waals surface area contributed by atoms with Crippen LogP contribution in [-0.2, 0) is 0 Å². The van der Waals surface area contributed by atoms with Crippen LogP contribution in [0.25, 0.3) is 89.8 Å². The summed E-state index contributed by atoms with van der Waals surface area (Å²) in [5.74, 6) is 2.33. The van der Waals surface area contributed by atoms with Gasteiger partial charge in [-0.3, -0.25) is 0 Å². The molecule has 0 aliphatic rings. The molecule has 9 aromatic rings. The van der Waals surface area contributed by atoms with E-state index < -0.39 is 0 Å². The summed E-state index contributed by atoms with van der Waals surface area (Å²) >= 11 is 0. The third kappa shape index (κ3) is 4.60. The Morgan fingerprint density at radius 1 is 0.326 bits per heavy atom. The Hall–Kier alpha value is -6.40. The first-order chi connectivity index (χ1) is 22.7. The van der Waals surface area contributed by atoms with Gasteiger partial charge in [0.05, 0.1) is 0 Å². The first kappa shape index (κ1) is 26.0. The maximum atomic E-state index is 6.08. The Kier molecular flexibility index (Phi) is 6.03. The Bertz CT molecular complexity index is 2480. The fourth-order valence-corrected chi connectivity index (χ4v) is 5.83. The molecule has 9 rings (SSSR count). The summed E-state index contributed by atoms with van der Waals surface area (Å²) in [6.07, 6.45) is 0. The zero-order valence-electron chi connectivity index (χ0n) is 24.5. The highest BCUT2D eigenvalue weighted by molar-refractivity contribution is 6.06. The predicted octanol–water partition coefficient (Wildman–Crippen LogP) is 10.2. The van der Waals surface area contributed by atoms with Crippen molar-refractivity contribution in [3.63, 3.8) is 0 Å². The molecule has 3 heterocycles. The molecule has 0 atom stereocenters. The molecule has 0 fully saturated rings. The maximum absolute atomic E-state index is 6.08. The first-order valence-corrected chi connectivity index (χ1v) is 15.1. The van der Waals surface area contributed by atoms with E-state index in [1.807, 2.05) is 97.1 Å². The van der Waals surface area contributed by atoms with E-state index in [0.29, 0.717) is 23.4 Å². The zero-order valence-corrected chi connectivity index (χ0v) is 24.5. The molecule has 6 aromatic carbocycles. The summed E-state index contributed by atoms with van der Waals surface area (Å²) in [4.78, 5) is 19.6. The normalized spacial score (nSPS) is 11.5. The van der Waals surface area contributed by atoms with Crippen molar-refractivity contribution in [1.82, 2.24) is 19.9 Å². The number of benzene rings is 6. The quantitative estimate of drug-likeness (QED) is 0.198. The molecule has 0 amide bonds. The summed E-state index contributed by atoms with van der Waals surface area (Å²) < 4.78 is 12.1. The van der Waals surface area contributed by atoms with E-state index >= 15 is 0 Å². The van der Waals surface area contributed by atoms with Crippen molar-refractivity contribution in [2.75, 3.05) is 0 Å². The zero-order chi connectivity index (χ0) is 30.5. The summed E-state index contributed by atoms with van der Waals surface area (Å²) in [6, 6.07) is 48.5. The van der Waals surface area contributed by atoms with Crippen LogP contribution in [0.2, 0.25) is 0 Å². The van der Waals surface area contributed by atoms with Gasteiger partial charge in [0.15, 0.2) is 23.1 Å². The highest BCUT2D eigenvalue weighted by Crippen LogP contribution is 2.33. The number of fused-ring (bicyclic) bond motifs is 4. The van der Waals surface area contributed by atoms with Crippen LogP contribution < -0.4 is 0 Å². The molecular weight excluding hydrogens is 568 g/mol. The van der Waals surface area contributed by atoms with Crippen molar-refractivity contribution < 1.29 is 8.83 Å². The third-order valence-electron chi connectivity index (χ3n) is 8.20. The lowest BCUT2D eigenvalue weighted by molar-refractivity contribution is 0.620. The molecule has 0 unspecified atom stereocenters. The van der Waals surface area contributed by atoms with Gasteiger partial charge >= 0.3 is 0 Å². The molecule has 216 valence electrons. The van der Waals surface area contributed by atoms with Crippen LogP contribution >= 0.6 is 0 Å². The van der Waals surface area contributed by atoms with Gasteiger partial charge in [-0.25, -0.2) is 19.9 Å². The molecule has 0 bridgehead atoms. The number of aromatic nitrogens is 4. The second-order valence-corrected chi connectivity index (χ2v) is 11.1. The standard InChI is InChI=1S/C40H24N4O2/c1-2-8-25(9-3-1)26-14-16-27(17-15-26)37-42-38(28-18-20-29(21-19-28)40-41-33-11-5-7-13-36(33)46-40)44-39(43-37)30-22-23-35-32(24-30)31-10-4-6-12-34(31)45-35/h1-24H. The summed E-state index contributed by atoms with van der Waals surface area (Å²) in [5.41, 5.74) is 9.08. The van der Waals surface area contributed by atoms with Gasteiger partial charge in [0.1, 0.15) is 16.7 Å². The monoisotopic (exact) mass is 592 g/mol. The highest BCUT2D eigenvalue weighted by Gasteiger charge is 2.16. The Morgan fingerprint density at radius 2 is 0.848 bits per heavy atom. The van der Waals surface area contributed by atoms with Crippen LogP contribution in [0.4, 0.5) is 0 Å². The molecule has 0 saturated carbocycles. The lowest BCUT2D eigenvalue weighted by atomic mass is 10.0. The number of hydrogen-bond acceptors (Lipinski definition) is 6. The topological polar surface area (TPSA) is 77.8 Å². The number of furan rings is 1. The minimum absolute atomic E-state index is 0.573. The number of nitrogens with zero attached hydrogens (tertiary/aromatic N) is 4. The third-order valence-corrected chi connectivity index (χ3v) is 8.20. The molecule has 6 nitrogen and oxygen atoms in total. The van der Waals surface area contributed by atoms with Crippen LogP contribution in [0, 0.1) is 0 Å². The van der Waals surface area contributed by atoms with Crippen molar-refractivity contribution in [1.29, 1.82) is 0 Å². The lowest BCUT2D eigenvalue weighted by Gasteiger charge is -2.09. The van der Waals surface area contributed by atoms with Crippen LogP contribution in [0.15, 0.2) is 154 Å². The van der Waals surface area contributed by atoms with E-state index in [2.05, 4.69) is 53.5 Å². The van der Waals surface area contributed by atoms with E-state index in [4.69, 9.17) is 23.8 Å². The largest absolute Gasteiger partial charge is 0.456 e. The Labute approximate surface area is 263 Å². The molecule has 0 N–H and O–H groups in total. The van der Waals surface area contributed by atoms with E-state index in [1.165, 1.54) is 0 Å². The molecule has 0 spiro atoms. The van der Waals surface area contributed by atoms with Crippen molar-refractivity contribution >= 4 is 33.0 Å². The van der Waals surface area contributed by atoms with Gasteiger partial charge in [0.2, 0.25) is 5.89 Å². The number of para-hydroxylation sites is 3. The minimum Gasteiger partial charge on any atom is -0.456 e. The molecule has 46 heavy (non-hydrogen) atoms. The predicted molar refractivity (Wildman–Crippen MR) is 182 cm³/mol. The molecule has 0 saturated heterocycles. The molecule has 0 radical (unpaired) electrons. The van der Waals surface area contributed by atoms with Gasteiger partial charge < -0.3 is 8.83 Å².